The summed E-state index contributed by atoms with van der Waals surface area (Å²) >= 11 is 0. The highest BCUT2D eigenvalue weighted by Gasteiger charge is 2.24. The number of nitrogens with one attached hydrogen (secondary N) is 2. The highest BCUT2D eigenvalue weighted by molar-refractivity contribution is 5.65. The molecule has 24 heavy (non-hydrogen) atoms. The first-order chi connectivity index (χ1) is 11.8. The lowest BCUT2D eigenvalue weighted by Gasteiger charge is -2.16. The Bertz CT molecular complexity index is 689. The van der Waals surface area contributed by atoms with Crippen molar-refractivity contribution in [2.24, 2.45) is 0 Å². The molecule has 1 amide bonds. The van der Waals surface area contributed by atoms with E-state index in [1.54, 1.807) is 6.07 Å². The van der Waals surface area contributed by atoms with E-state index in [1.165, 1.54) is 11.6 Å². The van der Waals surface area contributed by atoms with Gasteiger partial charge in [-0.3, -0.25) is 4.79 Å². The lowest BCUT2D eigenvalue weighted by molar-refractivity contribution is -0.109. The molecule has 1 aliphatic heterocycles. The second kappa shape index (κ2) is 8.06. The molecular weight excluding hydrogens is 303 g/mol. The summed E-state index contributed by atoms with van der Waals surface area (Å²) < 4.78 is 14.0. The Morgan fingerprint density at radius 2 is 2.04 bits per heavy atom. The number of amides is 1. The van der Waals surface area contributed by atoms with Crippen LogP contribution in [0, 0.1) is 5.82 Å². The summed E-state index contributed by atoms with van der Waals surface area (Å²) in [5.74, 6) is -0.186. The minimum Gasteiger partial charge on any atom is -0.359 e. The van der Waals surface area contributed by atoms with Crippen LogP contribution in [0.25, 0.3) is 11.1 Å². The Hall–Kier alpha value is -2.20. The van der Waals surface area contributed by atoms with Gasteiger partial charge in [0.05, 0.1) is 0 Å². The molecule has 2 aromatic carbocycles. The molecule has 1 heterocycles. The monoisotopic (exact) mass is 326 g/mol. The Morgan fingerprint density at radius 1 is 1.17 bits per heavy atom. The zero-order chi connectivity index (χ0) is 16.8. The van der Waals surface area contributed by atoms with Crippen molar-refractivity contribution < 1.29 is 9.18 Å². The van der Waals surface area contributed by atoms with Gasteiger partial charge in [-0.25, -0.2) is 4.39 Å². The van der Waals surface area contributed by atoms with Gasteiger partial charge in [-0.1, -0.05) is 36.4 Å². The van der Waals surface area contributed by atoms with Gasteiger partial charge in [0.25, 0.3) is 0 Å². The molecule has 126 valence electrons. The van der Waals surface area contributed by atoms with Crippen LogP contribution in [0.4, 0.5) is 4.39 Å². The number of rotatable bonds is 7. The molecule has 2 aromatic rings. The molecule has 3 nitrogen and oxygen atoms in total. The first kappa shape index (κ1) is 16.7. The summed E-state index contributed by atoms with van der Waals surface area (Å²) in [6, 6.07) is 15.9. The summed E-state index contributed by atoms with van der Waals surface area (Å²) in [7, 11) is 0. The van der Waals surface area contributed by atoms with Crippen molar-refractivity contribution in [1.82, 2.24) is 10.6 Å². The number of hydrogen-bond donors (Lipinski definition) is 2. The van der Waals surface area contributed by atoms with Crippen LogP contribution in [0.1, 0.15) is 37.3 Å². The van der Waals surface area contributed by atoms with Crippen molar-refractivity contribution in [3.05, 3.63) is 59.9 Å². The van der Waals surface area contributed by atoms with Gasteiger partial charge in [0, 0.05) is 24.2 Å². The molecular formula is C20H23FN2O. The first-order valence-electron chi connectivity index (χ1n) is 8.56. The zero-order valence-electron chi connectivity index (χ0n) is 13.7. The summed E-state index contributed by atoms with van der Waals surface area (Å²) in [4.78, 5) is 10.3. The van der Waals surface area contributed by atoms with Gasteiger partial charge in [-0.15, -0.1) is 0 Å². The molecule has 0 bridgehead atoms. The molecule has 0 aliphatic carbocycles. The molecule has 2 unspecified atom stereocenters. The number of hydrogen-bond acceptors (Lipinski definition) is 2. The van der Waals surface area contributed by atoms with Crippen molar-refractivity contribution in [3.63, 3.8) is 0 Å². The largest absolute Gasteiger partial charge is 0.359 e. The van der Waals surface area contributed by atoms with E-state index in [-0.39, 0.29) is 5.82 Å². The van der Waals surface area contributed by atoms with E-state index in [9.17, 15) is 9.18 Å². The van der Waals surface area contributed by atoms with Gasteiger partial charge in [-0.2, -0.15) is 0 Å². The normalized spacial score (nSPS) is 20.0. The molecule has 1 aliphatic rings. The molecule has 0 aromatic heterocycles. The first-order valence-corrected chi connectivity index (χ1v) is 8.56. The summed E-state index contributed by atoms with van der Waals surface area (Å²) in [6.07, 6.45) is 5.02. The van der Waals surface area contributed by atoms with Crippen LogP contribution in [0.15, 0.2) is 48.5 Å². The molecule has 2 N–H and O–H groups in total. The maximum atomic E-state index is 14.0. The predicted octanol–water partition coefficient (Wildman–Crippen LogP) is 3.81. The minimum atomic E-state index is -0.186. The minimum absolute atomic E-state index is 0.186. The van der Waals surface area contributed by atoms with Crippen molar-refractivity contribution in [2.45, 2.75) is 37.8 Å². The van der Waals surface area contributed by atoms with Crippen LogP contribution >= 0.6 is 0 Å². The van der Waals surface area contributed by atoms with Crippen LogP contribution in [0.3, 0.4) is 0 Å². The van der Waals surface area contributed by atoms with E-state index in [1.807, 2.05) is 24.3 Å². The zero-order valence-corrected chi connectivity index (χ0v) is 13.7. The van der Waals surface area contributed by atoms with Crippen LogP contribution in [0.2, 0.25) is 0 Å². The van der Waals surface area contributed by atoms with Crippen molar-refractivity contribution in [2.75, 3.05) is 6.54 Å². The van der Waals surface area contributed by atoms with Crippen LogP contribution < -0.4 is 10.6 Å². The predicted molar refractivity (Wildman–Crippen MR) is 94.0 cm³/mol. The maximum absolute atomic E-state index is 14.0. The van der Waals surface area contributed by atoms with E-state index in [4.69, 9.17) is 0 Å². The van der Waals surface area contributed by atoms with Gasteiger partial charge in [0.15, 0.2) is 0 Å². The quantitative estimate of drug-likeness (QED) is 0.600. The second-order valence-corrected chi connectivity index (χ2v) is 6.31. The van der Waals surface area contributed by atoms with Crippen LogP contribution in [0.5, 0.6) is 0 Å². The fraction of sp³-hybridized carbons (Fsp3) is 0.350. The Kier molecular flexibility index (Phi) is 5.59. The molecule has 2 atom stereocenters. The number of halogens is 1. The average Bonchev–Trinajstić information content (AvgIpc) is 3.08. The van der Waals surface area contributed by atoms with E-state index >= 15 is 0 Å². The van der Waals surface area contributed by atoms with Crippen molar-refractivity contribution in [3.8, 4) is 11.1 Å². The molecule has 0 radical (unpaired) electrons. The third-order valence-electron chi connectivity index (χ3n) is 4.67. The lowest BCUT2D eigenvalue weighted by Crippen LogP contribution is -2.25. The maximum Gasteiger partial charge on any atom is 0.207 e. The Labute approximate surface area is 142 Å². The molecule has 3 rings (SSSR count). The summed E-state index contributed by atoms with van der Waals surface area (Å²) in [6.45, 7) is 0.731. The smallest absolute Gasteiger partial charge is 0.207 e. The van der Waals surface area contributed by atoms with Crippen LogP contribution in [-0.4, -0.2) is 19.0 Å². The SMILES string of the molecule is O=CNCCCC1CCC(c2cccc(-c3ccccc3F)c2)N1. The molecule has 1 saturated heterocycles. The van der Waals surface area contributed by atoms with Gasteiger partial charge in [0.1, 0.15) is 5.82 Å². The Balaban J connectivity index is 1.65. The lowest BCUT2D eigenvalue weighted by atomic mass is 9.98. The van der Waals surface area contributed by atoms with E-state index in [2.05, 4.69) is 22.8 Å². The molecule has 0 spiro atoms. The highest BCUT2D eigenvalue weighted by Crippen LogP contribution is 2.31. The van der Waals surface area contributed by atoms with E-state index in [0.29, 0.717) is 17.6 Å². The van der Waals surface area contributed by atoms with E-state index in [0.717, 1.165) is 44.2 Å². The van der Waals surface area contributed by atoms with Crippen LogP contribution in [-0.2, 0) is 4.79 Å². The third-order valence-corrected chi connectivity index (χ3v) is 4.67. The standard InChI is InChI=1S/C20H23FN2O/c21-19-9-2-1-8-18(19)15-5-3-6-16(13-15)20-11-10-17(23-20)7-4-12-22-14-24/h1-3,5-6,8-9,13-14,17,20,23H,4,7,10-12H2,(H,22,24). The molecule has 1 fully saturated rings. The Morgan fingerprint density at radius 3 is 2.88 bits per heavy atom. The van der Waals surface area contributed by atoms with E-state index < -0.39 is 0 Å². The topological polar surface area (TPSA) is 41.1 Å². The fourth-order valence-electron chi connectivity index (χ4n) is 3.44. The van der Waals surface area contributed by atoms with Crippen molar-refractivity contribution >= 4 is 6.41 Å². The molecule has 4 heteroatoms. The van der Waals surface area contributed by atoms with Crippen molar-refractivity contribution in [1.29, 1.82) is 0 Å². The number of carbonyl (C=O) groups excluding carboxylic acids is 1. The summed E-state index contributed by atoms with van der Waals surface area (Å²) in [5, 5.41) is 6.37. The number of benzene rings is 2. The second-order valence-electron chi connectivity index (χ2n) is 6.31. The summed E-state index contributed by atoms with van der Waals surface area (Å²) in [5.41, 5.74) is 2.78. The van der Waals surface area contributed by atoms with Gasteiger partial charge < -0.3 is 10.6 Å². The number of carbonyl (C=O) groups is 1. The highest BCUT2D eigenvalue weighted by atomic mass is 19.1. The van der Waals surface area contributed by atoms with Gasteiger partial charge >= 0.3 is 0 Å². The van der Waals surface area contributed by atoms with Gasteiger partial charge in [0.2, 0.25) is 6.41 Å². The average molecular weight is 326 g/mol. The molecule has 0 saturated carbocycles. The fourth-order valence-corrected chi connectivity index (χ4v) is 3.44. The van der Waals surface area contributed by atoms with Gasteiger partial charge in [-0.05, 0) is 48.9 Å². The third kappa shape index (κ3) is 4.01.